The Hall–Kier alpha value is -4.62. The molecule has 3 atom stereocenters. The van der Waals surface area contributed by atoms with E-state index in [9.17, 15) is 13.6 Å². The highest BCUT2D eigenvalue weighted by molar-refractivity contribution is 5.83. The highest BCUT2D eigenvalue weighted by atomic mass is 19.3. The van der Waals surface area contributed by atoms with Crippen molar-refractivity contribution < 1.29 is 17.9 Å². The molecule has 0 amide bonds. The monoisotopic (exact) mass is 690 g/mol. The maximum Gasteiger partial charge on any atom is 0.395 e. The Bertz CT molecular complexity index is 1980. The molecule has 3 aromatic heterocycles. The Kier molecular flexibility index (Phi) is 10.4. The van der Waals surface area contributed by atoms with Crippen molar-refractivity contribution in [1.29, 1.82) is 0 Å². The minimum atomic E-state index is -3.57. The fraction of sp³-hybridized carbons (Fsp3) is 0.432. The molecule has 0 spiro atoms. The van der Waals surface area contributed by atoms with Gasteiger partial charge in [-0.1, -0.05) is 18.6 Å². The van der Waals surface area contributed by atoms with E-state index in [0.717, 1.165) is 61.5 Å². The first-order valence-electron chi connectivity index (χ1n) is 17.2. The molecule has 1 fully saturated rings. The number of nitrogens with two attached hydrogens (primary N) is 1. The van der Waals surface area contributed by atoms with E-state index >= 15 is 4.39 Å². The maximum absolute atomic E-state index is 15.6. The van der Waals surface area contributed by atoms with Gasteiger partial charge < -0.3 is 31.1 Å². The van der Waals surface area contributed by atoms with Crippen molar-refractivity contribution >= 4 is 17.0 Å². The third-order valence-electron chi connectivity index (χ3n) is 9.28. The molecule has 6 N–H and O–H groups in total. The van der Waals surface area contributed by atoms with E-state index < -0.39 is 23.4 Å². The number of anilines is 1. The molecule has 0 radical (unpaired) electrons. The zero-order valence-corrected chi connectivity index (χ0v) is 28.9. The maximum atomic E-state index is 15.6. The van der Waals surface area contributed by atoms with Gasteiger partial charge in [-0.3, -0.25) is 4.57 Å². The van der Waals surface area contributed by atoms with Gasteiger partial charge in [0.2, 0.25) is 5.95 Å². The Morgan fingerprint density at radius 2 is 1.90 bits per heavy atom. The lowest BCUT2D eigenvalue weighted by atomic mass is 9.92. The Morgan fingerprint density at radius 1 is 1.12 bits per heavy atom. The Labute approximate surface area is 289 Å². The zero-order chi connectivity index (χ0) is 35.6. The summed E-state index contributed by atoms with van der Waals surface area (Å²) in [6.07, 6.45) is 4.19. The number of benzene rings is 2. The highest BCUT2D eigenvalue weighted by Crippen LogP contribution is 2.35. The average molecular weight is 691 g/mol. The van der Waals surface area contributed by atoms with Gasteiger partial charge >= 0.3 is 11.8 Å². The van der Waals surface area contributed by atoms with Gasteiger partial charge in [0, 0.05) is 54.4 Å². The Balaban J connectivity index is 1.19. The van der Waals surface area contributed by atoms with Gasteiger partial charge in [0.15, 0.2) is 11.6 Å². The molecule has 6 rings (SSSR count). The summed E-state index contributed by atoms with van der Waals surface area (Å²) in [4.78, 5) is 28.1. The van der Waals surface area contributed by atoms with Crippen molar-refractivity contribution in [3.05, 3.63) is 87.5 Å². The second-order valence-electron chi connectivity index (χ2n) is 13.6. The molecule has 1 aliphatic rings. The number of H-pyrrole nitrogens is 2. The molecular weight excluding hydrogens is 645 g/mol. The fourth-order valence-electron chi connectivity index (χ4n) is 6.59. The van der Waals surface area contributed by atoms with E-state index in [-0.39, 0.29) is 23.3 Å². The lowest BCUT2D eigenvalue weighted by molar-refractivity contribution is -0.160. The number of hydrogen-bond acceptors (Lipinski definition) is 7. The van der Waals surface area contributed by atoms with E-state index in [0.29, 0.717) is 48.1 Å². The number of nitrogens with one attached hydrogen (secondary N) is 4. The second kappa shape index (κ2) is 14.7. The minimum Gasteiger partial charge on any atom is -0.430 e. The SMILES string of the molecule is Cc1nc(NCC[C@@H]2CCC[C@@H](c3ccc(-n4cc5cc(-c6cc(CCC[C@H](C)N)cc(OC(C)(F)F)c6F)[nH]c5nc4=O)cc3)N2)[nH]c1C. The number of nitrogens with zero attached hydrogens (tertiary/aromatic N) is 3. The summed E-state index contributed by atoms with van der Waals surface area (Å²) in [6, 6.07) is 13.0. The van der Waals surface area contributed by atoms with Crippen LogP contribution in [-0.2, 0) is 6.42 Å². The predicted octanol–water partition coefficient (Wildman–Crippen LogP) is 7.21. The molecule has 266 valence electrons. The predicted molar refractivity (Wildman–Crippen MR) is 190 cm³/mol. The van der Waals surface area contributed by atoms with E-state index in [4.69, 9.17) is 10.5 Å². The molecular formula is C37H45F3N8O2. The third kappa shape index (κ3) is 8.39. The molecule has 1 aliphatic heterocycles. The van der Waals surface area contributed by atoms with Crippen LogP contribution in [-0.4, -0.2) is 49.2 Å². The highest BCUT2D eigenvalue weighted by Gasteiger charge is 2.27. The van der Waals surface area contributed by atoms with E-state index in [2.05, 4.69) is 30.6 Å². The number of hydrogen-bond donors (Lipinski definition) is 5. The molecule has 0 saturated carbocycles. The van der Waals surface area contributed by atoms with Crippen molar-refractivity contribution in [3.8, 4) is 22.7 Å². The smallest absolute Gasteiger partial charge is 0.395 e. The molecule has 50 heavy (non-hydrogen) atoms. The summed E-state index contributed by atoms with van der Waals surface area (Å²) in [6.45, 7) is 7.26. The second-order valence-corrected chi connectivity index (χ2v) is 13.6. The van der Waals surface area contributed by atoms with Crippen molar-refractivity contribution in [1.82, 2.24) is 29.8 Å². The number of aromatic nitrogens is 5. The van der Waals surface area contributed by atoms with Gasteiger partial charge in [0.1, 0.15) is 5.65 Å². The van der Waals surface area contributed by atoms with E-state index in [1.54, 1.807) is 18.3 Å². The van der Waals surface area contributed by atoms with Crippen LogP contribution in [0.5, 0.6) is 5.75 Å². The third-order valence-corrected chi connectivity index (χ3v) is 9.28. The standard InChI is InChI=1S/C37H45F3N8O2/c1-21(41)7-5-8-24-17-29(33(38)32(18-24)50-37(4,39)40)31-19-26-20-48(36(49)47-34(26)46-31)28-13-11-25(12-14-28)30-10-6-9-27(45-30)15-16-42-35-43-22(2)23(3)44-35/h11-14,17-21,27,30,45H,5-10,15-16,41H2,1-4H3,(H2,42,43,44)(H,46,47,49)/t21-,27-,30-/m0/s1. The summed E-state index contributed by atoms with van der Waals surface area (Å²) < 4.78 is 49.4. The topological polar surface area (TPSA) is 139 Å². The number of ether oxygens (including phenoxy) is 1. The molecule has 1 saturated heterocycles. The largest absolute Gasteiger partial charge is 0.430 e. The number of fused-ring (bicyclic) bond motifs is 1. The fourth-order valence-corrected chi connectivity index (χ4v) is 6.59. The zero-order valence-electron chi connectivity index (χ0n) is 28.9. The van der Waals surface area contributed by atoms with Crippen LogP contribution in [0.15, 0.2) is 53.5 Å². The van der Waals surface area contributed by atoms with Gasteiger partial charge in [-0.05, 0) is 101 Å². The van der Waals surface area contributed by atoms with Crippen LogP contribution in [0, 0.1) is 19.7 Å². The Morgan fingerprint density at radius 3 is 2.60 bits per heavy atom. The van der Waals surface area contributed by atoms with Gasteiger partial charge in [0.05, 0.1) is 17.1 Å². The molecule has 0 aliphatic carbocycles. The molecule has 2 aromatic carbocycles. The average Bonchev–Trinajstić information content (AvgIpc) is 3.62. The van der Waals surface area contributed by atoms with Gasteiger partial charge in [-0.15, -0.1) is 0 Å². The molecule has 13 heteroatoms. The summed E-state index contributed by atoms with van der Waals surface area (Å²) in [7, 11) is 0. The van der Waals surface area contributed by atoms with Crippen molar-refractivity contribution in [3.63, 3.8) is 0 Å². The summed E-state index contributed by atoms with van der Waals surface area (Å²) >= 11 is 0. The molecule has 10 nitrogen and oxygen atoms in total. The summed E-state index contributed by atoms with van der Waals surface area (Å²) in [5.74, 6) is -0.682. The normalized spacial score (nSPS) is 17.3. The van der Waals surface area contributed by atoms with E-state index in [1.807, 2.05) is 45.0 Å². The minimum absolute atomic E-state index is 0.0220. The molecule has 5 aromatic rings. The lowest BCUT2D eigenvalue weighted by Crippen LogP contribution is -2.38. The first-order chi connectivity index (χ1) is 23.8. The van der Waals surface area contributed by atoms with Crippen LogP contribution < -0.4 is 26.8 Å². The lowest BCUT2D eigenvalue weighted by Gasteiger charge is -2.31. The number of halogens is 3. The van der Waals surface area contributed by atoms with Crippen molar-refractivity contribution in [2.45, 2.75) is 96.9 Å². The van der Waals surface area contributed by atoms with Gasteiger partial charge in [0.25, 0.3) is 0 Å². The number of aryl methyl sites for hydroxylation is 3. The van der Waals surface area contributed by atoms with Crippen LogP contribution >= 0.6 is 0 Å². The number of rotatable bonds is 13. The van der Waals surface area contributed by atoms with Crippen LogP contribution in [0.1, 0.15) is 80.9 Å². The van der Waals surface area contributed by atoms with Crippen LogP contribution in [0.4, 0.5) is 19.1 Å². The van der Waals surface area contributed by atoms with Crippen molar-refractivity contribution in [2.24, 2.45) is 5.73 Å². The molecule has 0 unspecified atom stereocenters. The number of imidazole rings is 1. The molecule has 4 heterocycles. The van der Waals surface area contributed by atoms with Gasteiger partial charge in [-0.25, -0.2) is 14.2 Å². The number of aromatic amines is 2. The van der Waals surface area contributed by atoms with Crippen LogP contribution in [0.2, 0.25) is 0 Å². The quantitative estimate of drug-likeness (QED) is 0.0881. The summed E-state index contributed by atoms with van der Waals surface area (Å²) in [5.41, 5.74) is 10.4. The number of piperidine rings is 1. The van der Waals surface area contributed by atoms with Gasteiger partial charge in [-0.2, -0.15) is 13.8 Å². The molecule has 0 bridgehead atoms. The van der Waals surface area contributed by atoms with Crippen LogP contribution in [0.25, 0.3) is 28.0 Å². The first-order valence-corrected chi connectivity index (χ1v) is 17.2. The number of alkyl halides is 2. The summed E-state index contributed by atoms with van der Waals surface area (Å²) in [5, 5.41) is 7.72. The van der Waals surface area contributed by atoms with Crippen molar-refractivity contribution in [2.75, 3.05) is 11.9 Å². The van der Waals surface area contributed by atoms with E-state index in [1.165, 1.54) is 10.6 Å². The first kappa shape index (κ1) is 35.2. The van der Waals surface area contributed by atoms with Crippen LogP contribution in [0.3, 0.4) is 0 Å².